The highest BCUT2D eigenvalue weighted by molar-refractivity contribution is 5.92. The van der Waals surface area contributed by atoms with Crippen molar-refractivity contribution in [2.24, 2.45) is 0 Å². The maximum absolute atomic E-state index is 11.7. The molecule has 0 bridgehead atoms. The van der Waals surface area contributed by atoms with E-state index in [0.29, 0.717) is 17.8 Å². The van der Waals surface area contributed by atoms with Crippen molar-refractivity contribution in [2.75, 3.05) is 18.4 Å². The van der Waals surface area contributed by atoms with Crippen molar-refractivity contribution in [1.82, 2.24) is 10.6 Å². The van der Waals surface area contributed by atoms with Crippen LogP contribution in [0.25, 0.3) is 0 Å². The molecule has 7 heteroatoms. The van der Waals surface area contributed by atoms with Gasteiger partial charge in [-0.15, -0.1) is 0 Å². The van der Waals surface area contributed by atoms with Crippen LogP contribution in [0.1, 0.15) is 29.3 Å². The van der Waals surface area contributed by atoms with Gasteiger partial charge in [-0.2, -0.15) is 0 Å². The first-order chi connectivity index (χ1) is 9.93. The lowest BCUT2D eigenvalue weighted by atomic mass is 10.1. The molecule has 0 unspecified atom stereocenters. The third-order valence-corrected chi connectivity index (χ3v) is 2.73. The maximum atomic E-state index is 11.7. The van der Waals surface area contributed by atoms with Gasteiger partial charge in [0.15, 0.2) is 0 Å². The number of carbonyl (C=O) groups is 3. The highest BCUT2D eigenvalue weighted by atomic mass is 16.4. The van der Waals surface area contributed by atoms with Gasteiger partial charge in [-0.25, -0.2) is 9.59 Å². The van der Waals surface area contributed by atoms with Crippen molar-refractivity contribution in [2.45, 2.75) is 20.3 Å². The van der Waals surface area contributed by atoms with Crippen LogP contribution >= 0.6 is 0 Å². The second kappa shape index (κ2) is 7.88. The van der Waals surface area contributed by atoms with E-state index in [1.165, 1.54) is 18.2 Å². The Morgan fingerprint density at radius 3 is 2.48 bits per heavy atom. The normalized spacial score (nSPS) is 9.81. The topological polar surface area (TPSA) is 108 Å². The molecule has 1 aromatic rings. The van der Waals surface area contributed by atoms with Crippen LogP contribution in [0.3, 0.4) is 0 Å². The van der Waals surface area contributed by atoms with E-state index < -0.39 is 12.0 Å². The first-order valence-electron chi connectivity index (χ1n) is 6.59. The van der Waals surface area contributed by atoms with E-state index in [1.807, 2.05) is 6.92 Å². The van der Waals surface area contributed by atoms with Crippen molar-refractivity contribution in [3.05, 3.63) is 29.3 Å². The predicted molar refractivity (Wildman–Crippen MR) is 78.5 cm³/mol. The summed E-state index contributed by atoms with van der Waals surface area (Å²) < 4.78 is 0. The highest BCUT2D eigenvalue weighted by Crippen LogP contribution is 2.16. The van der Waals surface area contributed by atoms with E-state index in [2.05, 4.69) is 16.0 Å². The molecule has 1 rings (SSSR count). The number of benzene rings is 1. The van der Waals surface area contributed by atoms with E-state index in [9.17, 15) is 14.4 Å². The van der Waals surface area contributed by atoms with Crippen molar-refractivity contribution in [3.63, 3.8) is 0 Å². The summed E-state index contributed by atoms with van der Waals surface area (Å²) >= 11 is 0. The quantitative estimate of drug-likeness (QED) is 0.634. The van der Waals surface area contributed by atoms with Gasteiger partial charge in [0.1, 0.15) is 0 Å². The Bertz CT molecular complexity index is 543. The molecule has 0 fully saturated rings. The summed E-state index contributed by atoms with van der Waals surface area (Å²) in [6, 6.07) is 3.99. The zero-order valence-corrected chi connectivity index (χ0v) is 12.0. The third kappa shape index (κ3) is 5.52. The lowest BCUT2D eigenvalue weighted by Crippen LogP contribution is -2.33. The van der Waals surface area contributed by atoms with Gasteiger partial charge in [-0.3, -0.25) is 4.79 Å². The summed E-state index contributed by atoms with van der Waals surface area (Å²) in [7, 11) is 0. The van der Waals surface area contributed by atoms with Gasteiger partial charge in [0, 0.05) is 25.2 Å². The summed E-state index contributed by atoms with van der Waals surface area (Å²) in [5.41, 5.74) is 1.33. The number of carbonyl (C=O) groups excluding carboxylic acids is 2. The number of hydrogen-bond acceptors (Lipinski definition) is 3. The summed E-state index contributed by atoms with van der Waals surface area (Å²) in [5.74, 6) is -1.14. The Kier molecular flexibility index (Phi) is 6.19. The number of rotatable bonds is 6. The fourth-order valence-corrected chi connectivity index (χ4v) is 1.68. The van der Waals surface area contributed by atoms with Gasteiger partial charge < -0.3 is 21.1 Å². The van der Waals surface area contributed by atoms with Crippen LogP contribution in [0, 0.1) is 6.92 Å². The highest BCUT2D eigenvalue weighted by Gasteiger charge is 2.08. The summed E-state index contributed by atoms with van der Waals surface area (Å²) in [6.07, 6.45) is 0.207. The van der Waals surface area contributed by atoms with Crippen LogP contribution in [-0.2, 0) is 4.79 Å². The largest absolute Gasteiger partial charge is 0.478 e. The lowest BCUT2D eigenvalue weighted by molar-refractivity contribution is -0.120. The number of anilines is 1. The molecule has 0 saturated carbocycles. The van der Waals surface area contributed by atoms with Crippen LogP contribution in [0.5, 0.6) is 0 Å². The minimum Gasteiger partial charge on any atom is -0.478 e. The molecular weight excluding hydrogens is 274 g/mol. The van der Waals surface area contributed by atoms with Crippen LogP contribution < -0.4 is 16.0 Å². The van der Waals surface area contributed by atoms with Gasteiger partial charge in [0.05, 0.1) is 5.56 Å². The van der Waals surface area contributed by atoms with Gasteiger partial charge in [-0.1, -0.05) is 0 Å². The van der Waals surface area contributed by atoms with E-state index in [0.717, 1.165) is 0 Å². The predicted octanol–water partition coefficient (Wildman–Crippen LogP) is 1.34. The van der Waals surface area contributed by atoms with Gasteiger partial charge >= 0.3 is 12.0 Å². The number of carboxylic acid groups (broad SMARTS) is 1. The second-order valence-corrected chi connectivity index (χ2v) is 4.42. The summed E-state index contributed by atoms with van der Waals surface area (Å²) in [6.45, 7) is 4.31. The fraction of sp³-hybridized carbons (Fsp3) is 0.357. The fourth-order valence-electron chi connectivity index (χ4n) is 1.68. The monoisotopic (exact) mass is 293 g/mol. The minimum atomic E-state index is -1.02. The first kappa shape index (κ1) is 16.5. The lowest BCUT2D eigenvalue weighted by Gasteiger charge is -2.10. The molecule has 0 aromatic heterocycles. The van der Waals surface area contributed by atoms with E-state index >= 15 is 0 Å². The minimum absolute atomic E-state index is 0.125. The molecule has 7 nitrogen and oxygen atoms in total. The maximum Gasteiger partial charge on any atom is 0.335 e. The summed E-state index contributed by atoms with van der Waals surface area (Å²) in [4.78, 5) is 33.7. The SMILES string of the molecule is CCNC(=O)CCNC(=O)Nc1ccc(C(=O)O)cc1C. The first-order valence-corrected chi connectivity index (χ1v) is 6.59. The van der Waals surface area contributed by atoms with Crippen LogP contribution in [0.15, 0.2) is 18.2 Å². The Balaban J connectivity index is 2.48. The Labute approximate surface area is 122 Å². The second-order valence-electron chi connectivity index (χ2n) is 4.42. The van der Waals surface area contributed by atoms with Crippen molar-refractivity contribution >= 4 is 23.6 Å². The number of urea groups is 1. The van der Waals surface area contributed by atoms with Crippen LogP contribution in [0.2, 0.25) is 0 Å². The Morgan fingerprint density at radius 2 is 1.90 bits per heavy atom. The number of amides is 3. The molecule has 114 valence electrons. The summed E-state index contributed by atoms with van der Waals surface area (Å²) in [5, 5.41) is 16.7. The number of hydrogen-bond donors (Lipinski definition) is 4. The molecular formula is C14H19N3O4. The zero-order valence-electron chi connectivity index (χ0n) is 12.0. The van der Waals surface area contributed by atoms with Crippen molar-refractivity contribution in [3.8, 4) is 0 Å². The molecule has 21 heavy (non-hydrogen) atoms. The number of carboxylic acids is 1. The molecule has 3 amide bonds. The van der Waals surface area contributed by atoms with E-state index in [-0.39, 0.29) is 24.4 Å². The van der Waals surface area contributed by atoms with Gasteiger partial charge in [0.2, 0.25) is 5.91 Å². The molecule has 0 aliphatic rings. The molecule has 0 aliphatic heterocycles. The van der Waals surface area contributed by atoms with Gasteiger partial charge in [-0.05, 0) is 37.6 Å². The van der Waals surface area contributed by atoms with Crippen LogP contribution in [0.4, 0.5) is 10.5 Å². The average molecular weight is 293 g/mol. The number of aromatic carboxylic acids is 1. The molecule has 0 spiro atoms. The molecule has 0 aliphatic carbocycles. The van der Waals surface area contributed by atoms with Crippen LogP contribution in [-0.4, -0.2) is 36.1 Å². The third-order valence-electron chi connectivity index (χ3n) is 2.73. The van der Waals surface area contributed by atoms with Gasteiger partial charge in [0.25, 0.3) is 0 Å². The van der Waals surface area contributed by atoms with Crippen molar-refractivity contribution in [1.29, 1.82) is 0 Å². The number of nitrogens with one attached hydrogen (secondary N) is 3. The Hall–Kier alpha value is -2.57. The standard InChI is InChI=1S/C14H19N3O4/c1-3-15-12(18)6-7-16-14(21)17-11-5-4-10(13(19)20)8-9(11)2/h4-5,8H,3,6-7H2,1-2H3,(H,15,18)(H,19,20)(H2,16,17,21). The molecule has 0 atom stereocenters. The van der Waals surface area contributed by atoms with E-state index in [1.54, 1.807) is 6.92 Å². The van der Waals surface area contributed by atoms with E-state index in [4.69, 9.17) is 5.11 Å². The molecule has 0 radical (unpaired) electrons. The smallest absolute Gasteiger partial charge is 0.335 e. The van der Waals surface area contributed by atoms with Crippen molar-refractivity contribution < 1.29 is 19.5 Å². The molecule has 0 heterocycles. The molecule has 1 aromatic carbocycles. The molecule has 0 saturated heterocycles. The average Bonchev–Trinajstić information content (AvgIpc) is 2.41. The Morgan fingerprint density at radius 1 is 1.19 bits per heavy atom. The molecule has 4 N–H and O–H groups in total. The number of aryl methyl sites for hydroxylation is 1. The zero-order chi connectivity index (χ0) is 15.8.